The van der Waals surface area contributed by atoms with Crippen LogP contribution in [0.1, 0.15) is 6.42 Å². The molecule has 0 aliphatic rings. The zero-order chi connectivity index (χ0) is 16.0. The highest BCUT2D eigenvalue weighted by atomic mass is 35.5. The summed E-state index contributed by atoms with van der Waals surface area (Å²) in [6.45, 7) is -0.128. The predicted molar refractivity (Wildman–Crippen MR) is 75.9 cm³/mol. The Balaban J connectivity index is 2.61. The number of amides is 2. The van der Waals surface area contributed by atoms with Crippen molar-refractivity contribution in [3.8, 4) is 0 Å². The number of carbonyl (C=O) groups is 3. The number of carboxylic acids is 1. The summed E-state index contributed by atoms with van der Waals surface area (Å²) in [6, 6.07) is 1.89. The standard InChI is InChI=1S/C12H15ClN4O4/c1-17(10-3-2-7(13)5-15-10)6-11(19)16-8(12(20)21)4-9(14)18/h2-3,5,8H,4,6H2,1H3,(H2,14,18)(H,16,19)(H,20,21)/t8-/m0/s1. The van der Waals surface area contributed by atoms with Crippen molar-refractivity contribution in [2.24, 2.45) is 5.73 Å². The second kappa shape index (κ2) is 7.44. The van der Waals surface area contributed by atoms with Crippen LogP contribution in [0, 0.1) is 0 Å². The van der Waals surface area contributed by atoms with Gasteiger partial charge in [-0.25, -0.2) is 9.78 Å². The molecule has 0 radical (unpaired) electrons. The van der Waals surface area contributed by atoms with Gasteiger partial charge < -0.3 is 21.1 Å². The summed E-state index contributed by atoms with van der Waals surface area (Å²) >= 11 is 5.70. The quantitative estimate of drug-likeness (QED) is 0.629. The number of primary amides is 1. The van der Waals surface area contributed by atoms with Gasteiger partial charge in [-0.15, -0.1) is 0 Å². The van der Waals surface area contributed by atoms with E-state index in [0.29, 0.717) is 10.8 Å². The summed E-state index contributed by atoms with van der Waals surface area (Å²) in [6.07, 6.45) is 0.961. The Morgan fingerprint density at radius 3 is 2.62 bits per heavy atom. The SMILES string of the molecule is CN(CC(=O)N[C@@H](CC(N)=O)C(=O)O)c1ccc(Cl)cn1. The number of likely N-dealkylation sites (N-methyl/N-ethyl adjacent to an activating group) is 1. The van der Waals surface area contributed by atoms with E-state index in [-0.39, 0.29) is 6.54 Å². The smallest absolute Gasteiger partial charge is 0.326 e. The number of pyridine rings is 1. The van der Waals surface area contributed by atoms with E-state index >= 15 is 0 Å². The number of carbonyl (C=O) groups excluding carboxylic acids is 2. The van der Waals surface area contributed by atoms with Gasteiger partial charge in [-0.3, -0.25) is 9.59 Å². The first-order valence-electron chi connectivity index (χ1n) is 5.92. The van der Waals surface area contributed by atoms with Crippen LogP contribution >= 0.6 is 11.6 Å². The van der Waals surface area contributed by atoms with Gasteiger partial charge in [0.1, 0.15) is 11.9 Å². The Kier molecular flexibility index (Phi) is 5.92. The number of anilines is 1. The number of hydrogen-bond acceptors (Lipinski definition) is 5. The van der Waals surface area contributed by atoms with Crippen molar-refractivity contribution in [2.45, 2.75) is 12.5 Å². The van der Waals surface area contributed by atoms with E-state index < -0.39 is 30.2 Å². The molecule has 0 bridgehead atoms. The van der Waals surface area contributed by atoms with Crippen LogP contribution in [0.15, 0.2) is 18.3 Å². The third-order valence-electron chi connectivity index (χ3n) is 2.52. The molecule has 21 heavy (non-hydrogen) atoms. The number of carboxylic acid groups (broad SMARTS) is 1. The molecule has 0 unspecified atom stereocenters. The molecular weight excluding hydrogens is 300 g/mol. The number of nitrogens with zero attached hydrogens (tertiary/aromatic N) is 2. The van der Waals surface area contributed by atoms with Crippen LogP contribution in [0.25, 0.3) is 0 Å². The average Bonchev–Trinajstić information content (AvgIpc) is 2.37. The summed E-state index contributed by atoms with van der Waals surface area (Å²) < 4.78 is 0. The minimum Gasteiger partial charge on any atom is -0.480 e. The topological polar surface area (TPSA) is 126 Å². The van der Waals surface area contributed by atoms with E-state index in [1.165, 1.54) is 11.1 Å². The number of halogens is 1. The van der Waals surface area contributed by atoms with Crippen LogP contribution in [0.3, 0.4) is 0 Å². The molecule has 2 amide bonds. The molecule has 0 aliphatic carbocycles. The monoisotopic (exact) mass is 314 g/mol. The zero-order valence-electron chi connectivity index (χ0n) is 11.2. The van der Waals surface area contributed by atoms with Gasteiger partial charge in [-0.1, -0.05) is 11.6 Å². The summed E-state index contributed by atoms with van der Waals surface area (Å²) in [5, 5.41) is 11.6. The zero-order valence-corrected chi connectivity index (χ0v) is 12.0. The largest absolute Gasteiger partial charge is 0.480 e. The normalized spacial score (nSPS) is 11.5. The number of nitrogens with two attached hydrogens (primary N) is 1. The van der Waals surface area contributed by atoms with Gasteiger partial charge in [0, 0.05) is 13.2 Å². The van der Waals surface area contributed by atoms with Crippen LogP contribution in [0.5, 0.6) is 0 Å². The average molecular weight is 315 g/mol. The van der Waals surface area contributed by atoms with E-state index in [4.69, 9.17) is 22.4 Å². The molecule has 1 heterocycles. The van der Waals surface area contributed by atoms with Gasteiger partial charge in [0.15, 0.2) is 0 Å². The maximum absolute atomic E-state index is 11.8. The third kappa shape index (κ3) is 5.65. The Bertz CT molecular complexity index is 535. The first kappa shape index (κ1) is 16.7. The minimum absolute atomic E-state index is 0.128. The molecule has 0 spiro atoms. The van der Waals surface area contributed by atoms with Gasteiger partial charge in [0.05, 0.1) is 18.0 Å². The van der Waals surface area contributed by atoms with Crippen molar-refractivity contribution in [1.29, 1.82) is 0 Å². The highest BCUT2D eigenvalue weighted by Crippen LogP contribution is 2.12. The van der Waals surface area contributed by atoms with Crippen molar-refractivity contribution in [3.63, 3.8) is 0 Å². The van der Waals surface area contributed by atoms with Crippen LogP contribution in [0.4, 0.5) is 5.82 Å². The molecule has 1 rings (SSSR count). The lowest BCUT2D eigenvalue weighted by atomic mass is 10.2. The molecule has 8 nitrogen and oxygen atoms in total. The number of rotatable bonds is 7. The van der Waals surface area contributed by atoms with Gasteiger partial charge in [0.2, 0.25) is 11.8 Å². The van der Waals surface area contributed by atoms with Gasteiger partial charge in [0.25, 0.3) is 0 Å². The van der Waals surface area contributed by atoms with Crippen LogP contribution in [-0.2, 0) is 14.4 Å². The minimum atomic E-state index is -1.35. The summed E-state index contributed by atoms with van der Waals surface area (Å²) in [5.41, 5.74) is 4.93. The van der Waals surface area contributed by atoms with Crippen molar-refractivity contribution in [1.82, 2.24) is 10.3 Å². The van der Waals surface area contributed by atoms with Gasteiger partial charge >= 0.3 is 5.97 Å². The summed E-state index contributed by atoms with van der Waals surface area (Å²) in [5.74, 6) is -2.20. The van der Waals surface area contributed by atoms with Crippen LogP contribution in [-0.4, -0.2) is 47.5 Å². The summed E-state index contributed by atoms with van der Waals surface area (Å²) in [7, 11) is 1.61. The van der Waals surface area contributed by atoms with Gasteiger partial charge in [-0.2, -0.15) is 0 Å². The molecule has 1 atom stereocenters. The lowest BCUT2D eigenvalue weighted by Gasteiger charge is -2.19. The van der Waals surface area contributed by atoms with E-state index in [1.807, 2.05) is 0 Å². The lowest BCUT2D eigenvalue weighted by molar-refractivity contribution is -0.143. The second-order valence-electron chi connectivity index (χ2n) is 4.32. The molecule has 4 N–H and O–H groups in total. The Hall–Kier alpha value is -2.35. The van der Waals surface area contributed by atoms with Crippen molar-refractivity contribution >= 4 is 35.2 Å². The molecule has 9 heteroatoms. The van der Waals surface area contributed by atoms with Gasteiger partial charge in [-0.05, 0) is 12.1 Å². The van der Waals surface area contributed by atoms with E-state index in [0.717, 1.165) is 0 Å². The number of aromatic nitrogens is 1. The van der Waals surface area contributed by atoms with Crippen LogP contribution < -0.4 is 16.0 Å². The summed E-state index contributed by atoms with van der Waals surface area (Å²) in [4.78, 5) is 38.9. The fourth-order valence-electron chi connectivity index (χ4n) is 1.53. The molecule has 0 aliphatic heterocycles. The first-order valence-corrected chi connectivity index (χ1v) is 6.30. The maximum atomic E-state index is 11.8. The highest BCUT2D eigenvalue weighted by Gasteiger charge is 2.22. The van der Waals surface area contributed by atoms with E-state index in [2.05, 4.69) is 10.3 Å². The molecule has 0 aromatic carbocycles. The molecule has 0 saturated heterocycles. The van der Waals surface area contributed by atoms with E-state index in [1.54, 1.807) is 19.2 Å². The fourth-order valence-corrected chi connectivity index (χ4v) is 1.64. The Labute approximate surface area is 125 Å². The molecule has 1 aromatic rings. The first-order chi connectivity index (χ1) is 9.79. The van der Waals surface area contributed by atoms with Crippen molar-refractivity contribution in [2.75, 3.05) is 18.5 Å². The fraction of sp³-hybridized carbons (Fsp3) is 0.333. The lowest BCUT2D eigenvalue weighted by Crippen LogP contribution is -2.46. The number of aliphatic carboxylic acids is 1. The van der Waals surface area contributed by atoms with Crippen LogP contribution in [0.2, 0.25) is 5.02 Å². The van der Waals surface area contributed by atoms with Crippen molar-refractivity contribution < 1.29 is 19.5 Å². The second-order valence-corrected chi connectivity index (χ2v) is 4.76. The molecule has 0 saturated carbocycles. The van der Waals surface area contributed by atoms with Crippen molar-refractivity contribution in [3.05, 3.63) is 23.4 Å². The molecule has 114 valence electrons. The third-order valence-corrected chi connectivity index (χ3v) is 2.75. The number of hydrogen-bond donors (Lipinski definition) is 3. The highest BCUT2D eigenvalue weighted by molar-refractivity contribution is 6.30. The molecular formula is C12H15ClN4O4. The number of nitrogens with one attached hydrogen (secondary N) is 1. The maximum Gasteiger partial charge on any atom is 0.326 e. The molecule has 0 fully saturated rings. The Morgan fingerprint density at radius 1 is 1.48 bits per heavy atom. The Morgan fingerprint density at radius 2 is 2.14 bits per heavy atom. The predicted octanol–water partition coefficient (Wildman–Crippen LogP) is -0.384. The molecule has 1 aromatic heterocycles. The van der Waals surface area contributed by atoms with E-state index in [9.17, 15) is 14.4 Å².